The van der Waals surface area contributed by atoms with Crippen LogP contribution in [0.5, 0.6) is 0 Å². The normalized spacial score (nSPS) is 15.0. The lowest BCUT2D eigenvalue weighted by Gasteiger charge is -2.30. The Morgan fingerprint density at radius 2 is 2.10 bits per heavy atom. The van der Waals surface area contributed by atoms with Crippen molar-refractivity contribution in [2.24, 2.45) is 5.73 Å². The van der Waals surface area contributed by atoms with Gasteiger partial charge in [-0.25, -0.2) is 4.98 Å². The number of ether oxygens (including phenoxy) is 1. The van der Waals surface area contributed by atoms with E-state index in [1.165, 1.54) is 11.3 Å². The van der Waals surface area contributed by atoms with E-state index in [9.17, 15) is 4.79 Å². The number of thiazole rings is 1. The molecule has 3 N–H and O–H groups in total. The van der Waals surface area contributed by atoms with Crippen LogP contribution in [0.15, 0.2) is 29.6 Å². The molecule has 1 aromatic carbocycles. The molecule has 0 unspecified atom stereocenters. The maximum atomic E-state index is 11.1. The fourth-order valence-electron chi connectivity index (χ4n) is 2.22. The van der Waals surface area contributed by atoms with Gasteiger partial charge in [0.2, 0.25) is 0 Å². The zero-order valence-corrected chi connectivity index (χ0v) is 12.2. The lowest BCUT2D eigenvalue weighted by molar-refractivity contribution is 0.0996. The quantitative estimate of drug-likeness (QED) is 0.900. The van der Waals surface area contributed by atoms with Crippen LogP contribution in [0.3, 0.4) is 0 Å². The highest BCUT2D eigenvalue weighted by atomic mass is 32.1. The van der Waals surface area contributed by atoms with Crippen LogP contribution in [0.1, 0.15) is 10.5 Å². The number of aromatic nitrogens is 1. The minimum Gasteiger partial charge on any atom is -0.378 e. The van der Waals surface area contributed by atoms with Gasteiger partial charge in [-0.15, -0.1) is 11.3 Å². The molecule has 3 rings (SSSR count). The Kier molecular flexibility index (Phi) is 4.03. The summed E-state index contributed by atoms with van der Waals surface area (Å²) in [6.45, 7) is 3.20. The maximum Gasteiger partial charge on any atom is 0.268 e. The summed E-state index contributed by atoms with van der Waals surface area (Å²) < 4.78 is 5.39. The Balaban J connectivity index is 1.82. The van der Waals surface area contributed by atoms with E-state index in [4.69, 9.17) is 10.5 Å². The number of nitrogens with zero attached hydrogens (tertiary/aromatic N) is 2. The van der Waals surface area contributed by atoms with E-state index in [0.717, 1.165) is 37.7 Å². The van der Waals surface area contributed by atoms with E-state index in [0.29, 0.717) is 5.13 Å². The third kappa shape index (κ3) is 3.14. The molecule has 1 aliphatic heterocycles. The summed E-state index contributed by atoms with van der Waals surface area (Å²) in [7, 11) is 0. The van der Waals surface area contributed by atoms with E-state index in [-0.39, 0.29) is 5.69 Å². The molecule has 1 aromatic heterocycles. The number of nitrogens with one attached hydrogen (secondary N) is 1. The maximum absolute atomic E-state index is 11.1. The molecule has 7 heteroatoms. The Morgan fingerprint density at radius 3 is 2.81 bits per heavy atom. The zero-order valence-electron chi connectivity index (χ0n) is 11.4. The van der Waals surface area contributed by atoms with Crippen molar-refractivity contribution in [1.82, 2.24) is 4.98 Å². The van der Waals surface area contributed by atoms with Crippen LogP contribution in [-0.4, -0.2) is 37.2 Å². The molecule has 2 heterocycles. The number of para-hydroxylation sites is 2. The Hall–Kier alpha value is -2.12. The van der Waals surface area contributed by atoms with Gasteiger partial charge in [0, 0.05) is 18.5 Å². The van der Waals surface area contributed by atoms with Crippen molar-refractivity contribution in [3.05, 3.63) is 35.3 Å². The molecular formula is C14H16N4O2S. The first kappa shape index (κ1) is 13.8. The van der Waals surface area contributed by atoms with Gasteiger partial charge in [-0.1, -0.05) is 12.1 Å². The molecule has 0 radical (unpaired) electrons. The molecule has 1 saturated heterocycles. The SMILES string of the molecule is NC(=O)c1csc(Nc2ccccc2N2CCOCC2)n1. The van der Waals surface area contributed by atoms with Crippen LogP contribution in [0.2, 0.25) is 0 Å². The van der Waals surface area contributed by atoms with Crippen molar-refractivity contribution in [2.45, 2.75) is 0 Å². The van der Waals surface area contributed by atoms with Gasteiger partial charge in [-0.05, 0) is 12.1 Å². The van der Waals surface area contributed by atoms with Gasteiger partial charge < -0.3 is 20.7 Å². The Labute approximate surface area is 126 Å². The van der Waals surface area contributed by atoms with Crippen LogP contribution in [0.4, 0.5) is 16.5 Å². The first-order chi connectivity index (χ1) is 10.2. The summed E-state index contributed by atoms with van der Waals surface area (Å²) in [6, 6.07) is 8.04. The Morgan fingerprint density at radius 1 is 1.33 bits per heavy atom. The lowest BCUT2D eigenvalue weighted by atomic mass is 10.2. The van der Waals surface area contributed by atoms with E-state index in [1.807, 2.05) is 18.2 Å². The summed E-state index contributed by atoms with van der Waals surface area (Å²) in [4.78, 5) is 17.6. The number of carbonyl (C=O) groups excluding carboxylic acids is 1. The summed E-state index contributed by atoms with van der Waals surface area (Å²) in [5, 5.41) is 5.57. The van der Waals surface area contributed by atoms with E-state index in [2.05, 4.69) is 21.3 Å². The molecule has 2 aromatic rings. The summed E-state index contributed by atoms with van der Waals surface area (Å²) in [6.07, 6.45) is 0. The number of benzene rings is 1. The third-order valence-corrected chi connectivity index (χ3v) is 4.01. The number of hydrogen-bond donors (Lipinski definition) is 2. The number of amides is 1. The first-order valence-corrected chi connectivity index (χ1v) is 7.56. The van der Waals surface area contributed by atoms with E-state index >= 15 is 0 Å². The van der Waals surface area contributed by atoms with Crippen LogP contribution >= 0.6 is 11.3 Å². The van der Waals surface area contributed by atoms with Crippen LogP contribution in [0, 0.1) is 0 Å². The van der Waals surface area contributed by atoms with Crippen LogP contribution in [-0.2, 0) is 4.74 Å². The average Bonchev–Trinajstić information content (AvgIpc) is 2.98. The fourth-order valence-corrected chi connectivity index (χ4v) is 2.93. The fraction of sp³-hybridized carbons (Fsp3) is 0.286. The highest BCUT2D eigenvalue weighted by Crippen LogP contribution is 2.30. The monoisotopic (exact) mass is 304 g/mol. The standard InChI is InChI=1S/C14H16N4O2S/c15-13(19)11-9-21-14(17-11)16-10-3-1-2-4-12(10)18-5-7-20-8-6-18/h1-4,9H,5-8H2,(H2,15,19)(H,16,17). The van der Waals surface area contributed by atoms with Gasteiger partial charge >= 0.3 is 0 Å². The molecular weight excluding hydrogens is 288 g/mol. The topological polar surface area (TPSA) is 80.5 Å². The molecule has 6 nitrogen and oxygen atoms in total. The molecule has 1 fully saturated rings. The predicted octanol–water partition coefficient (Wildman–Crippen LogP) is 1.82. The van der Waals surface area contributed by atoms with Crippen molar-refractivity contribution in [1.29, 1.82) is 0 Å². The minimum atomic E-state index is -0.513. The number of carbonyl (C=O) groups is 1. The Bertz CT molecular complexity index is 637. The second-order valence-electron chi connectivity index (χ2n) is 4.64. The smallest absolute Gasteiger partial charge is 0.268 e. The number of rotatable bonds is 4. The molecule has 0 atom stereocenters. The second kappa shape index (κ2) is 6.11. The van der Waals surface area contributed by atoms with Crippen molar-refractivity contribution < 1.29 is 9.53 Å². The van der Waals surface area contributed by atoms with Gasteiger partial charge in [0.1, 0.15) is 5.69 Å². The zero-order chi connectivity index (χ0) is 14.7. The molecule has 1 amide bonds. The summed E-state index contributed by atoms with van der Waals surface area (Å²) in [5.74, 6) is -0.513. The predicted molar refractivity (Wildman–Crippen MR) is 83.4 cm³/mol. The van der Waals surface area contributed by atoms with Crippen molar-refractivity contribution in [3.8, 4) is 0 Å². The lowest BCUT2D eigenvalue weighted by Crippen LogP contribution is -2.36. The van der Waals surface area contributed by atoms with Gasteiger partial charge in [0.25, 0.3) is 5.91 Å². The van der Waals surface area contributed by atoms with Crippen molar-refractivity contribution in [3.63, 3.8) is 0 Å². The van der Waals surface area contributed by atoms with Gasteiger partial charge in [0.05, 0.1) is 24.6 Å². The summed E-state index contributed by atoms with van der Waals surface area (Å²) >= 11 is 1.36. The molecule has 0 spiro atoms. The summed E-state index contributed by atoms with van der Waals surface area (Å²) in [5.41, 5.74) is 7.58. The largest absolute Gasteiger partial charge is 0.378 e. The second-order valence-corrected chi connectivity index (χ2v) is 5.50. The van der Waals surface area contributed by atoms with E-state index < -0.39 is 5.91 Å². The molecule has 0 bridgehead atoms. The van der Waals surface area contributed by atoms with E-state index in [1.54, 1.807) is 5.38 Å². The number of anilines is 3. The molecule has 0 saturated carbocycles. The average molecular weight is 304 g/mol. The van der Waals surface area contributed by atoms with Crippen LogP contribution in [0.25, 0.3) is 0 Å². The number of morpholine rings is 1. The number of hydrogen-bond acceptors (Lipinski definition) is 6. The number of primary amides is 1. The molecule has 110 valence electrons. The molecule has 21 heavy (non-hydrogen) atoms. The van der Waals surface area contributed by atoms with Crippen LogP contribution < -0.4 is 16.0 Å². The third-order valence-electron chi connectivity index (χ3n) is 3.25. The number of nitrogens with two attached hydrogens (primary N) is 1. The first-order valence-electron chi connectivity index (χ1n) is 6.68. The van der Waals surface area contributed by atoms with Gasteiger partial charge in [-0.2, -0.15) is 0 Å². The van der Waals surface area contributed by atoms with Crippen molar-refractivity contribution in [2.75, 3.05) is 36.5 Å². The van der Waals surface area contributed by atoms with Gasteiger partial charge in [0.15, 0.2) is 5.13 Å². The molecule has 0 aliphatic carbocycles. The van der Waals surface area contributed by atoms with Crippen molar-refractivity contribution >= 4 is 33.8 Å². The molecule has 1 aliphatic rings. The highest BCUT2D eigenvalue weighted by molar-refractivity contribution is 7.14. The van der Waals surface area contributed by atoms with Gasteiger partial charge in [-0.3, -0.25) is 4.79 Å². The highest BCUT2D eigenvalue weighted by Gasteiger charge is 2.15. The minimum absolute atomic E-state index is 0.284.